The average molecular weight is 814 g/mol. The van der Waals surface area contributed by atoms with Crippen LogP contribution in [0.1, 0.15) is 83.5 Å². The lowest BCUT2D eigenvalue weighted by Gasteiger charge is -2.30. The lowest BCUT2D eigenvalue weighted by atomic mass is 10.0. The van der Waals surface area contributed by atoms with E-state index >= 15 is 0 Å². The van der Waals surface area contributed by atoms with E-state index in [1.165, 1.54) is 4.90 Å². The van der Waals surface area contributed by atoms with E-state index in [1.807, 2.05) is 36.4 Å². The van der Waals surface area contributed by atoms with Gasteiger partial charge in [0.15, 0.2) is 5.65 Å². The number of fused-ring (bicyclic) bond motifs is 5. The van der Waals surface area contributed by atoms with Crippen LogP contribution in [0.5, 0.6) is 5.88 Å². The van der Waals surface area contributed by atoms with Crippen molar-refractivity contribution < 1.29 is 41.5 Å². The number of amides is 4. The maximum atomic E-state index is 14.7. The minimum atomic E-state index is -3.91. The molecule has 9 rings (SSSR count). The third-order valence-electron chi connectivity index (χ3n) is 12.1. The van der Waals surface area contributed by atoms with E-state index in [1.54, 1.807) is 29.2 Å². The molecule has 3 aliphatic carbocycles. The fourth-order valence-corrected chi connectivity index (χ4v) is 9.96. The Labute approximate surface area is 335 Å². The van der Waals surface area contributed by atoms with Crippen LogP contribution in [-0.4, -0.2) is 93.4 Å². The predicted molar refractivity (Wildman–Crippen MR) is 210 cm³/mol. The number of furan rings is 1. The smallest absolute Gasteiger partial charge is 0.408 e. The molecule has 0 bridgehead atoms. The molecule has 4 amide bonds. The van der Waals surface area contributed by atoms with E-state index in [9.17, 15) is 27.6 Å². The number of benzene rings is 1. The molecule has 4 fully saturated rings. The number of rotatable bonds is 8. The second-order valence-corrected chi connectivity index (χ2v) is 18.2. The molecule has 17 heteroatoms. The molecule has 5 atom stereocenters. The van der Waals surface area contributed by atoms with Gasteiger partial charge in [0.1, 0.15) is 29.8 Å². The average Bonchev–Trinajstić information content (AvgIpc) is 3.81. The second-order valence-electron chi connectivity index (χ2n) is 16.2. The maximum absolute atomic E-state index is 14.7. The SMILES string of the molecule is O=C(N[C@H]1CCCCCC=C[C@@H]2C[C@@]2(C(=O)NS(=O)(=O)C2CC2)NC(=O)[C@@H]2C[C@@H](Oc3cc(-c4ccoc4)nc4c5ccccc5nn34)CN2C1=O)OC1CCCC1. The molecule has 1 saturated heterocycles. The summed E-state index contributed by atoms with van der Waals surface area (Å²) in [7, 11) is -3.91. The Kier molecular flexibility index (Phi) is 10.1. The highest BCUT2D eigenvalue weighted by Crippen LogP contribution is 2.46. The molecule has 3 aromatic heterocycles. The molecular formula is C41H47N7O9S. The predicted octanol–water partition coefficient (Wildman–Crippen LogP) is 4.53. The molecule has 4 aromatic rings. The number of nitrogens with zero attached hydrogens (tertiary/aromatic N) is 4. The maximum Gasteiger partial charge on any atom is 0.408 e. The standard InChI is InChI=1S/C41H47N7O9S/c49-37-34-20-28(56-35-21-33(25-18-19-55-24-25)42-36-30-13-8-9-14-31(30)45-48(35)36)23-47(34)38(50)32(43-40(52)57-27-11-6-7-12-27)15-5-3-1-2-4-10-26-22-41(26,44-37)39(51)46-58(53,54)29-16-17-29/h4,8-10,13-14,18-19,21,24,26-29,32,34H,1-3,5-7,11-12,15-17,20,22-23H2,(H,43,52)(H,44,49)(H,46,51)/t26-,28-,32+,34+,41-/m1/s1. The molecule has 306 valence electrons. The minimum absolute atomic E-state index is 0.0288. The number of carbonyl (C=O) groups is 4. The number of nitrogens with one attached hydrogen (secondary N) is 3. The van der Waals surface area contributed by atoms with Gasteiger partial charge in [0.25, 0.3) is 5.91 Å². The Bertz CT molecular complexity index is 2370. The quantitative estimate of drug-likeness (QED) is 0.211. The molecule has 5 aliphatic rings. The van der Waals surface area contributed by atoms with Crippen molar-refractivity contribution in [2.45, 2.75) is 119 Å². The first-order chi connectivity index (χ1) is 28.1. The van der Waals surface area contributed by atoms with Gasteiger partial charge in [-0.2, -0.15) is 9.61 Å². The lowest BCUT2D eigenvalue weighted by Crippen LogP contribution is -2.58. The van der Waals surface area contributed by atoms with Crippen LogP contribution in [0.15, 0.2) is 65.5 Å². The van der Waals surface area contributed by atoms with Crippen molar-refractivity contribution in [3.8, 4) is 17.1 Å². The number of alkyl carbamates (subject to hydrolysis) is 1. The van der Waals surface area contributed by atoms with Gasteiger partial charge < -0.3 is 29.4 Å². The van der Waals surface area contributed by atoms with E-state index in [0.717, 1.165) is 43.9 Å². The van der Waals surface area contributed by atoms with Crippen LogP contribution in [0.25, 0.3) is 27.8 Å². The van der Waals surface area contributed by atoms with Crippen LogP contribution in [0, 0.1) is 5.92 Å². The Morgan fingerprint density at radius 3 is 2.59 bits per heavy atom. The van der Waals surface area contributed by atoms with Crippen LogP contribution in [0.4, 0.5) is 4.79 Å². The largest absolute Gasteiger partial charge is 0.472 e. The molecule has 3 saturated carbocycles. The Morgan fingerprint density at radius 2 is 1.79 bits per heavy atom. The molecule has 1 aromatic carbocycles. The number of hydrogen-bond donors (Lipinski definition) is 3. The summed E-state index contributed by atoms with van der Waals surface area (Å²) < 4.78 is 47.4. The van der Waals surface area contributed by atoms with Gasteiger partial charge in [0, 0.05) is 29.4 Å². The van der Waals surface area contributed by atoms with Crippen molar-refractivity contribution in [2.24, 2.45) is 5.92 Å². The summed E-state index contributed by atoms with van der Waals surface area (Å²) >= 11 is 0. The van der Waals surface area contributed by atoms with E-state index < -0.39 is 68.7 Å². The monoisotopic (exact) mass is 813 g/mol. The van der Waals surface area contributed by atoms with E-state index in [2.05, 4.69) is 15.4 Å². The summed E-state index contributed by atoms with van der Waals surface area (Å²) in [6.45, 7) is -0.0307. The van der Waals surface area contributed by atoms with Crippen LogP contribution in [0.2, 0.25) is 0 Å². The molecule has 58 heavy (non-hydrogen) atoms. The molecule has 16 nitrogen and oxygen atoms in total. The molecule has 2 aliphatic heterocycles. The van der Waals surface area contributed by atoms with Crippen molar-refractivity contribution in [3.05, 3.63) is 61.1 Å². The summed E-state index contributed by atoms with van der Waals surface area (Å²) in [6.07, 6.45) is 13.2. The molecular weight excluding hydrogens is 767 g/mol. The Morgan fingerprint density at radius 1 is 0.983 bits per heavy atom. The number of hydrogen-bond acceptors (Lipinski definition) is 11. The van der Waals surface area contributed by atoms with E-state index in [-0.39, 0.29) is 25.5 Å². The first-order valence-corrected chi connectivity index (χ1v) is 21.9. The highest BCUT2D eigenvalue weighted by atomic mass is 32.2. The zero-order valence-corrected chi connectivity index (χ0v) is 32.8. The van der Waals surface area contributed by atoms with Crippen molar-refractivity contribution in [1.29, 1.82) is 0 Å². The zero-order chi connectivity index (χ0) is 40.0. The lowest BCUT2D eigenvalue weighted by molar-refractivity contribution is -0.141. The Hall–Kier alpha value is -5.45. The molecule has 0 unspecified atom stereocenters. The molecule has 5 heterocycles. The summed E-state index contributed by atoms with van der Waals surface area (Å²) in [5.41, 5.74) is 0.993. The van der Waals surface area contributed by atoms with Gasteiger partial charge in [-0.25, -0.2) is 18.2 Å². The van der Waals surface area contributed by atoms with Crippen LogP contribution in [0.3, 0.4) is 0 Å². The second kappa shape index (κ2) is 15.4. The van der Waals surface area contributed by atoms with Crippen molar-refractivity contribution >= 4 is 50.4 Å². The number of sulfonamides is 1. The first-order valence-electron chi connectivity index (χ1n) is 20.4. The third kappa shape index (κ3) is 7.63. The minimum Gasteiger partial charge on any atom is -0.472 e. The highest BCUT2D eigenvalue weighted by molar-refractivity contribution is 7.91. The molecule has 0 spiro atoms. The van der Waals surface area contributed by atoms with Crippen molar-refractivity contribution in [2.75, 3.05) is 6.54 Å². The topological polar surface area (TPSA) is 204 Å². The van der Waals surface area contributed by atoms with Crippen molar-refractivity contribution in [1.82, 2.24) is 34.9 Å². The summed E-state index contributed by atoms with van der Waals surface area (Å²) in [5.74, 6) is -2.01. The van der Waals surface area contributed by atoms with Gasteiger partial charge in [-0.3, -0.25) is 19.1 Å². The van der Waals surface area contributed by atoms with E-state index in [4.69, 9.17) is 24.0 Å². The normalized spacial score (nSPS) is 27.0. The van der Waals surface area contributed by atoms with Crippen LogP contribution >= 0.6 is 0 Å². The molecule has 3 N–H and O–H groups in total. The Balaban J connectivity index is 1.04. The first kappa shape index (κ1) is 38.1. The number of carbonyl (C=O) groups excluding carboxylic acids is 4. The number of ether oxygens (including phenoxy) is 2. The zero-order valence-electron chi connectivity index (χ0n) is 32.0. The fourth-order valence-electron chi connectivity index (χ4n) is 8.60. The van der Waals surface area contributed by atoms with Gasteiger partial charge in [-0.1, -0.05) is 37.1 Å². The highest BCUT2D eigenvalue weighted by Gasteiger charge is 2.62. The third-order valence-corrected chi connectivity index (χ3v) is 13.9. The van der Waals surface area contributed by atoms with Gasteiger partial charge in [-0.15, -0.1) is 0 Å². The van der Waals surface area contributed by atoms with Gasteiger partial charge in [0.05, 0.1) is 35.5 Å². The fraction of sp³-hybridized carbons (Fsp3) is 0.512. The van der Waals surface area contributed by atoms with Crippen molar-refractivity contribution in [3.63, 3.8) is 0 Å². The van der Waals surface area contributed by atoms with Gasteiger partial charge in [0.2, 0.25) is 27.7 Å². The van der Waals surface area contributed by atoms with Gasteiger partial charge in [-0.05, 0) is 82.4 Å². The van der Waals surface area contributed by atoms with Crippen LogP contribution < -0.4 is 20.1 Å². The van der Waals surface area contributed by atoms with Crippen LogP contribution in [-0.2, 0) is 29.1 Å². The van der Waals surface area contributed by atoms with E-state index in [0.29, 0.717) is 60.4 Å². The number of allylic oxidation sites excluding steroid dienone is 1. The van der Waals surface area contributed by atoms with Gasteiger partial charge >= 0.3 is 6.09 Å². The summed E-state index contributed by atoms with van der Waals surface area (Å²) in [6, 6.07) is 8.94. The number of aromatic nitrogens is 3. The molecule has 0 radical (unpaired) electrons. The summed E-state index contributed by atoms with van der Waals surface area (Å²) in [4.78, 5) is 62.6. The summed E-state index contributed by atoms with van der Waals surface area (Å²) in [5, 5.41) is 10.7.